The van der Waals surface area contributed by atoms with Crippen LogP contribution in [-0.4, -0.2) is 26.4 Å². The summed E-state index contributed by atoms with van der Waals surface area (Å²) in [4.78, 5) is 0. The highest BCUT2D eigenvalue weighted by molar-refractivity contribution is 4.85. The molecule has 0 N–H and O–H groups in total. The largest absolute Gasteiger partial charge is 0.382 e. The molecule has 0 aromatic carbocycles. The van der Waals surface area contributed by atoms with E-state index in [2.05, 4.69) is 41.5 Å². The number of hydrogen-bond donors (Lipinski definition) is 0. The molecule has 0 atom stereocenters. The highest BCUT2D eigenvalue weighted by atomic mass is 16.5. The van der Waals surface area contributed by atoms with E-state index in [4.69, 9.17) is 9.47 Å². The normalized spacial score (nSPS) is 12.8. The number of ether oxygens (including phenoxy) is 2. The fourth-order valence-corrected chi connectivity index (χ4v) is 2.35. The van der Waals surface area contributed by atoms with Gasteiger partial charge in [-0.15, -0.1) is 0 Å². The molecule has 0 aromatic heterocycles. The lowest BCUT2D eigenvalue weighted by molar-refractivity contribution is -0.0359. The van der Waals surface area contributed by atoms with E-state index < -0.39 is 0 Å². The van der Waals surface area contributed by atoms with Crippen molar-refractivity contribution in [2.75, 3.05) is 26.4 Å². The second-order valence-corrected chi connectivity index (χ2v) is 5.13. The van der Waals surface area contributed by atoms with Crippen LogP contribution in [0, 0.1) is 17.3 Å². The Hall–Kier alpha value is -0.0800. The van der Waals surface area contributed by atoms with Crippen molar-refractivity contribution in [3.05, 3.63) is 0 Å². The van der Waals surface area contributed by atoms with E-state index in [-0.39, 0.29) is 5.41 Å². The minimum Gasteiger partial charge on any atom is -0.382 e. The molecule has 16 heavy (non-hydrogen) atoms. The van der Waals surface area contributed by atoms with Gasteiger partial charge in [-0.25, -0.2) is 0 Å². The van der Waals surface area contributed by atoms with Crippen LogP contribution in [0.5, 0.6) is 0 Å². The number of hydrogen-bond acceptors (Lipinski definition) is 2. The van der Waals surface area contributed by atoms with Gasteiger partial charge < -0.3 is 9.47 Å². The molecule has 0 aliphatic carbocycles. The van der Waals surface area contributed by atoms with Gasteiger partial charge in [-0.3, -0.25) is 0 Å². The zero-order valence-electron chi connectivity index (χ0n) is 12.0. The second-order valence-electron chi connectivity index (χ2n) is 5.13. The van der Waals surface area contributed by atoms with Crippen LogP contribution < -0.4 is 0 Å². The average molecular weight is 230 g/mol. The monoisotopic (exact) mass is 230 g/mol. The highest BCUT2D eigenvalue weighted by Gasteiger charge is 2.36. The number of rotatable bonds is 9. The highest BCUT2D eigenvalue weighted by Crippen LogP contribution is 2.39. The molecule has 0 spiro atoms. The summed E-state index contributed by atoms with van der Waals surface area (Å²) in [7, 11) is 0. The van der Waals surface area contributed by atoms with Gasteiger partial charge in [-0.1, -0.05) is 27.7 Å². The molecule has 0 radical (unpaired) electrons. The summed E-state index contributed by atoms with van der Waals surface area (Å²) in [6, 6.07) is 0. The SMILES string of the molecule is CCOCCC(COCC)(C(C)C)C(C)C. The Labute approximate surface area is 102 Å². The van der Waals surface area contributed by atoms with Gasteiger partial charge in [0.05, 0.1) is 6.61 Å². The van der Waals surface area contributed by atoms with Gasteiger partial charge in [0.25, 0.3) is 0 Å². The predicted molar refractivity (Wildman–Crippen MR) is 69.7 cm³/mol. The molecule has 0 unspecified atom stereocenters. The molecular formula is C14H30O2. The van der Waals surface area contributed by atoms with Crippen LogP contribution in [0.3, 0.4) is 0 Å². The maximum absolute atomic E-state index is 5.70. The predicted octanol–water partition coefficient (Wildman–Crippen LogP) is 3.75. The van der Waals surface area contributed by atoms with Gasteiger partial charge in [0.1, 0.15) is 0 Å². The zero-order valence-corrected chi connectivity index (χ0v) is 12.0. The van der Waals surface area contributed by atoms with Gasteiger partial charge >= 0.3 is 0 Å². The molecule has 98 valence electrons. The molecule has 0 heterocycles. The van der Waals surface area contributed by atoms with Gasteiger partial charge in [0, 0.05) is 25.2 Å². The lowest BCUT2D eigenvalue weighted by Gasteiger charge is -2.41. The smallest absolute Gasteiger partial charge is 0.0528 e. The molecule has 0 aliphatic heterocycles. The Balaban J connectivity index is 4.52. The van der Waals surface area contributed by atoms with Gasteiger partial charge in [-0.2, -0.15) is 0 Å². The third-order valence-electron chi connectivity index (χ3n) is 3.79. The minimum atomic E-state index is 0.255. The lowest BCUT2D eigenvalue weighted by Crippen LogP contribution is -2.39. The maximum atomic E-state index is 5.70. The van der Waals surface area contributed by atoms with Crippen molar-refractivity contribution in [2.45, 2.75) is 48.0 Å². The Bertz CT molecular complexity index is 156. The summed E-state index contributed by atoms with van der Waals surface area (Å²) in [5.74, 6) is 1.25. The summed E-state index contributed by atoms with van der Waals surface area (Å²) in [6.07, 6.45) is 1.09. The van der Waals surface area contributed by atoms with Crippen molar-refractivity contribution < 1.29 is 9.47 Å². The van der Waals surface area contributed by atoms with E-state index in [9.17, 15) is 0 Å². The molecule has 0 bridgehead atoms. The average Bonchev–Trinajstić information content (AvgIpc) is 2.22. The molecular weight excluding hydrogens is 200 g/mol. The third kappa shape index (κ3) is 4.42. The van der Waals surface area contributed by atoms with Crippen molar-refractivity contribution in [3.63, 3.8) is 0 Å². The fourth-order valence-electron chi connectivity index (χ4n) is 2.35. The zero-order chi connectivity index (χ0) is 12.6. The Morgan fingerprint density at radius 3 is 1.75 bits per heavy atom. The second kappa shape index (κ2) is 8.08. The molecule has 0 fully saturated rings. The fraction of sp³-hybridized carbons (Fsp3) is 1.00. The van der Waals surface area contributed by atoms with Crippen molar-refractivity contribution in [1.82, 2.24) is 0 Å². The van der Waals surface area contributed by atoms with Crippen molar-refractivity contribution >= 4 is 0 Å². The standard InChI is InChI=1S/C14H30O2/c1-7-15-10-9-14(12(3)4,13(5)6)11-16-8-2/h12-13H,7-11H2,1-6H3. The van der Waals surface area contributed by atoms with Crippen molar-refractivity contribution in [2.24, 2.45) is 17.3 Å². The van der Waals surface area contributed by atoms with Crippen LogP contribution in [0.25, 0.3) is 0 Å². The molecule has 0 aliphatic rings. The Kier molecular flexibility index (Phi) is 8.04. The van der Waals surface area contributed by atoms with E-state index in [0.29, 0.717) is 11.8 Å². The first kappa shape index (κ1) is 15.9. The van der Waals surface area contributed by atoms with Crippen LogP contribution >= 0.6 is 0 Å². The van der Waals surface area contributed by atoms with Gasteiger partial charge in [0.15, 0.2) is 0 Å². The summed E-state index contributed by atoms with van der Waals surface area (Å²) in [5.41, 5.74) is 0.255. The Morgan fingerprint density at radius 2 is 1.38 bits per heavy atom. The van der Waals surface area contributed by atoms with Crippen LogP contribution in [0.2, 0.25) is 0 Å². The molecule has 0 saturated heterocycles. The quantitative estimate of drug-likeness (QED) is 0.562. The van der Waals surface area contributed by atoms with Crippen LogP contribution in [0.15, 0.2) is 0 Å². The topological polar surface area (TPSA) is 18.5 Å². The van der Waals surface area contributed by atoms with E-state index in [1.807, 2.05) is 0 Å². The molecule has 0 saturated carbocycles. The summed E-state index contributed by atoms with van der Waals surface area (Å²) in [6.45, 7) is 16.6. The maximum Gasteiger partial charge on any atom is 0.0528 e. The summed E-state index contributed by atoms with van der Waals surface area (Å²) in [5, 5.41) is 0. The van der Waals surface area contributed by atoms with Gasteiger partial charge in [0.2, 0.25) is 0 Å². The first-order chi connectivity index (χ1) is 7.51. The minimum absolute atomic E-state index is 0.255. The first-order valence-electron chi connectivity index (χ1n) is 6.66. The van der Waals surface area contributed by atoms with E-state index in [0.717, 1.165) is 32.8 Å². The van der Waals surface area contributed by atoms with Crippen LogP contribution in [0.1, 0.15) is 48.0 Å². The third-order valence-corrected chi connectivity index (χ3v) is 3.79. The van der Waals surface area contributed by atoms with E-state index in [1.165, 1.54) is 0 Å². The van der Waals surface area contributed by atoms with Gasteiger partial charge in [-0.05, 0) is 32.1 Å². The van der Waals surface area contributed by atoms with E-state index in [1.54, 1.807) is 0 Å². The summed E-state index contributed by atoms with van der Waals surface area (Å²) < 4.78 is 11.2. The summed E-state index contributed by atoms with van der Waals surface area (Å²) >= 11 is 0. The lowest BCUT2D eigenvalue weighted by atomic mass is 9.67. The molecule has 0 amide bonds. The van der Waals surface area contributed by atoms with Crippen molar-refractivity contribution in [1.29, 1.82) is 0 Å². The van der Waals surface area contributed by atoms with Crippen LogP contribution in [-0.2, 0) is 9.47 Å². The molecule has 0 aromatic rings. The molecule has 2 heteroatoms. The molecule has 0 rings (SSSR count). The molecule has 2 nitrogen and oxygen atoms in total. The van der Waals surface area contributed by atoms with E-state index >= 15 is 0 Å². The first-order valence-corrected chi connectivity index (χ1v) is 6.66. The van der Waals surface area contributed by atoms with Crippen LogP contribution in [0.4, 0.5) is 0 Å². The van der Waals surface area contributed by atoms with Crippen molar-refractivity contribution in [3.8, 4) is 0 Å². The Morgan fingerprint density at radius 1 is 0.875 bits per heavy atom.